The van der Waals surface area contributed by atoms with E-state index >= 15 is 0 Å². The first-order valence-corrected chi connectivity index (χ1v) is 6.48. The minimum absolute atomic E-state index is 0. The molecule has 0 aromatic carbocycles. The molecular formula is C9H20Al. The van der Waals surface area contributed by atoms with Crippen LogP contribution in [-0.2, 0) is 0 Å². The van der Waals surface area contributed by atoms with Gasteiger partial charge in [-0.05, 0) is 5.92 Å². The van der Waals surface area contributed by atoms with Crippen molar-refractivity contribution in [2.24, 2.45) is 5.92 Å². The van der Waals surface area contributed by atoms with Gasteiger partial charge in [0.15, 0.2) is 0 Å². The zero-order valence-corrected chi connectivity index (χ0v) is 8.42. The summed E-state index contributed by atoms with van der Waals surface area (Å²) >= 11 is 0.768. The maximum Gasteiger partial charge on any atom is 0.200 e. The number of hydrogen-bond acceptors (Lipinski definition) is 0. The minimum atomic E-state index is 0. The van der Waals surface area contributed by atoms with Crippen molar-refractivity contribution in [2.75, 3.05) is 0 Å². The van der Waals surface area contributed by atoms with E-state index in [4.69, 9.17) is 0 Å². The fourth-order valence-electron chi connectivity index (χ4n) is 1.93. The molecule has 1 aliphatic rings. The van der Waals surface area contributed by atoms with Crippen LogP contribution in [0.1, 0.15) is 40.5 Å². The van der Waals surface area contributed by atoms with Crippen LogP contribution in [0, 0.1) is 5.92 Å². The second kappa shape index (κ2) is 4.42. The van der Waals surface area contributed by atoms with E-state index in [1.807, 2.05) is 0 Å². The molecule has 0 heterocycles. The topological polar surface area (TPSA) is 0 Å². The lowest BCUT2D eigenvalue weighted by atomic mass is 9.87. The maximum absolute atomic E-state index is 2.41. The van der Waals surface area contributed by atoms with Crippen LogP contribution < -0.4 is 0 Å². The van der Waals surface area contributed by atoms with Gasteiger partial charge in [0.1, 0.15) is 0 Å². The van der Waals surface area contributed by atoms with Gasteiger partial charge in [-0.1, -0.05) is 43.8 Å². The van der Waals surface area contributed by atoms with Crippen LogP contribution >= 0.6 is 0 Å². The molecule has 1 heteroatoms. The Morgan fingerprint density at radius 1 is 1.30 bits per heavy atom. The molecular weight excluding hydrogens is 135 g/mol. The third-order valence-electron chi connectivity index (χ3n) is 2.94. The lowest BCUT2D eigenvalue weighted by molar-refractivity contribution is 0.348. The number of rotatable bonds is 2. The summed E-state index contributed by atoms with van der Waals surface area (Å²) in [6.45, 7) is 2.34. The zero-order valence-electron chi connectivity index (χ0n) is 7.27. The van der Waals surface area contributed by atoms with Gasteiger partial charge in [0.05, 0.1) is 0 Å². The highest BCUT2D eigenvalue weighted by Gasteiger charge is 2.18. The molecule has 59 valence electrons. The maximum atomic E-state index is 2.41. The van der Waals surface area contributed by atoms with Crippen LogP contribution in [0.5, 0.6) is 0 Å². The van der Waals surface area contributed by atoms with E-state index in [1.54, 1.807) is 12.8 Å². The van der Waals surface area contributed by atoms with Crippen molar-refractivity contribution in [1.29, 1.82) is 0 Å². The van der Waals surface area contributed by atoms with Crippen LogP contribution in [0.3, 0.4) is 0 Å². The molecule has 0 unspecified atom stereocenters. The molecule has 0 nitrogen and oxygen atoms in total. The average molecular weight is 155 g/mol. The van der Waals surface area contributed by atoms with Crippen molar-refractivity contribution in [3.05, 3.63) is 0 Å². The molecule has 1 aliphatic carbocycles. The Morgan fingerprint density at radius 2 is 1.90 bits per heavy atom. The van der Waals surface area contributed by atoms with Gasteiger partial charge in [-0.25, -0.2) is 0 Å². The van der Waals surface area contributed by atoms with Crippen molar-refractivity contribution in [3.63, 3.8) is 0 Å². The van der Waals surface area contributed by atoms with E-state index in [0.717, 1.165) is 25.9 Å². The van der Waals surface area contributed by atoms with E-state index in [2.05, 4.69) is 12.7 Å². The Labute approximate surface area is 72.6 Å². The molecule has 0 aromatic heterocycles. The second-order valence-electron chi connectivity index (χ2n) is 3.52. The Balaban J connectivity index is 0.000001000. The Kier molecular flexibility index (Phi) is 3.81. The Hall–Kier alpha value is 0.532. The van der Waals surface area contributed by atoms with Gasteiger partial charge in [0.2, 0.25) is 15.2 Å². The molecule has 0 saturated heterocycles. The van der Waals surface area contributed by atoms with Crippen molar-refractivity contribution < 1.29 is 1.43 Å². The third kappa shape index (κ3) is 2.29. The molecule has 0 aliphatic heterocycles. The normalized spacial score (nSPS) is 33.8. The summed E-state index contributed by atoms with van der Waals surface area (Å²) in [6.07, 6.45) is 7.57. The van der Waals surface area contributed by atoms with Gasteiger partial charge < -0.3 is 0 Å². The average Bonchev–Trinajstić information content (AvgIpc) is 2.05. The van der Waals surface area contributed by atoms with Crippen molar-refractivity contribution in [1.82, 2.24) is 0 Å². The van der Waals surface area contributed by atoms with E-state index in [0.29, 0.717) is 0 Å². The summed E-state index contributed by atoms with van der Waals surface area (Å²) in [5.41, 5.74) is 0. The van der Waals surface area contributed by atoms with Crippen molar-refractivity contribution >= 4 is 15.2 Å². The lowest BCUT2D eigenvalue weighted by Crippen LogP contribution is -2.12. The molecule has 1 fully saturated rings. The summed E-state index contributed by atoms with van der Waals surface area (Å²) in [6, 6.07) is 0. The first-order chi connectivity index (χ1) is 4.86. The molecule has 0 amide bonds. The van der Waals surface area contributed by atoms with Gasteiger partial charge in [-0.15, -0.1) is 5.79 Å². The van der Waals surface area contributed by atoms with Gasteiger partial charge >= 0.3 is 0 Å². The predicted octanol–water partition coefficient (Wildman–Crippen LogP) is 3.37. The van der Waals surface area contributed by atoms with E-state index < -0.39 is 0 Å². The fraction of sp³-hybridized carbons (Fsp3) is 1.00. The van der Waals surface area contributed by atoms with Crippen LogP contribution in [0.15, 0.2) is 0 Å². The van der Waals surface area contributed by atoms with Crippen LogP contribution in [0.4, 0.5) is 0 Å². The summed E-state index contributed by atoms with van der Waals surface area (Å²) < 4.78 is 1.16. The predicted molar refractivity (Wildman–Crippen MR) is 49.7 cm³/mol. The first kappa shape index (κ1) is 8.63. The molecule has 0 N–H and O–H groups in total. The SMILES string of the molecule is CCC1CC[CH]([Al][CH3])CC1.[HH]. The summed E-state index contributed by atoms with van der Waals surface area (Å²) in [4.78, 5) is 0. The van der Waals surface area contributed by atoms with Crippen molar-refractivity contribution in [2.45, 2.75) is 49.6 Å². The summed E-state index contributed by atoms with van der Waals surface area (Å²) in [7, 11) is 0. The lowest BCUT2D eigenvalue weighted by Gasteiger charge is -2.26. The largest absolute Gasteiger partial charge is 0.200 e. The highest BCUT2D eigenvalue weighted by molar-refractivity contribution is 6.35. The van der Waals surface area contributed by atoms with Gasteiger partial charge in [-0.3, -0.25) is 0 Å². The van der Waals surface area contributed by atoms with Gasteiger partial charge in [0.25, 0.3) is 0 Å². The monoisotopic (exact) mass is 155 g/mol. The molecule has 0 bridgehead atoms. The minimum Gasteiger partial charge on any atom is -0.115 e. The van der Waals surface area contributed by atoms with Crippen LogP contribution in [0.25, 0.3) is 0 Å². The fourth-order valence-corrected chi connectivity index (χ4v) is 2.98. The molecule has 0 aromatic rings. The molecule has 0 spiro atoms. The molecule has 1 radical (unpaired) electrons. The molecule has 1 rings (SSSR count). The van der Waals surface area contributed by atoms with Crippen LogP contribution in [-0.4, -0.2) is 15.2 Å². The molecule has 10 heavy (non-hydrogen) atoms. The van der Waals surface area contributed by atoms with Crippen molar-refractivity contribution in [3.8, 4) is 0 Å². The van der Waals surface area contributed by atoms with Gasteiger partial charge in [0, 0.05) is 1.43 Å². The smallest absolute Gasteiger partial charge is 0.115 e. The summed E-state index contributed by atoms with van der Waals surface area (Å²) in [5, 5.41) is 0. The Bertz CT molecular complexity index is 75.6. The highest BCUT2D eigenvalue weighted by atomic mass is 27.1. The Morgan fingerprint density at radius 3 is 2.30 bits per heavy atom. The molecule has 0 atom stereocenters. The second-order valence-corrected chi connectivity index (χ2v) is 5.13. The first-order valence-electron chi connectivity index (χ1n) is 4.66. The van der Waals surface area contributed by atoms with Crippen LogP contribution in [0.2, 0.25) is 10.6 Å². The standard InChI is InChI=1S/C8H15.CH3.Al.H2/c1-2-8-6-4-3-5-7-8;;;/h3,8H,2,4-7H2,1H3;1H3;;1H. The van der Waals surface area contributed by atoms with E-state index in [-0.39, 0.29) is 1.43 Å². The van der Waals surface area contributed by atoms with E-state index in [1.165, 1.54) is 19.3 Å². The highest BCUT2D eigenvalue weighted by Crippen LogP contribution is 2.33. The number of hydrogen-bond donors (Lipinski definition) is 0. The molecule has 1 saturated carbocycles. The quantitative estimate of drug-likeness (QED) is 0.536. The van der Waals surface area contributed by atoms with Gasteiger partial charge in [-0.2, -0.15) is 0 Å². The third-order valence-corrected chi connectivity index (χ3v) is 4.55. The summed E-state index contributed by atoms with van der Waals surface area (Å²) in [5.74, 6) is 3.50. The zero-order chi connectivity index (χ0) is 7.40. The van der Waals surface area contributed by atoms with E-state index in [9.17, 15) is 0 Å².